The van der Waals surface area contributed by atoms with E-state index in [0.717, 1.165) is 86.6 Å². The van der Waals surface area contributed by atoms with E-state index in [1.54, 1.807) is 28.9 Å². The highest BCUT2D eigenvalue weighted by Gasteiger charge is 2.17. The molecule has 9 heteroatoms. The molecule has 2 aromatic carbocycles. The van der Waals surface area contributed by atoms with Gasteiger partial charge in [0, 0.05) is 35.3 Å². The molecule has 0 bridgehead atoms. The van der Waals surface area contributed by atoms with E-state index in [-0.39, 0.29) is 0 Å². The summed E-state index contributed by atoms with van der Waals surface area (Å²) in [7, 11) is 0. The van der Waals surface area contributed by atoms with Gasteiger partial charge in [-0.1, -0.05) is 30.9 Å². The second kappa shape index (κ2) is 10.7. The van der Waals surface area contributed by atoms with E-state index < -0.39 is 0 Å². The fourth-order valence-electron chi connectivity index (χ4n) is 5.20. The second-order valence-corrected chi connectivity index (χ2v) is 12.1. The highest BCUT2D eigenvalue weighted by Crippen LogP contribution is 2.39. The summed E-state index contributed by atoms with van der Waals surface area (Å²) >= 11 is 3.20. The van der Waals surface area contributed by atoms with Gasteiger partial charge in [-0.25, -0.2) is 19.9 Å². The van der Waals surface area contributed by atoms with Crippen LogP contribution >= 0.6 is 22.7 Å². The zero-order chi connectivity index (χ0) is 29.6. The third-order valence-corrected chi connectivity index (χ3v) is 9.25. The lowest BCUT2D eigenvalue weighted by atomic mass is 10.1. The van der Waals surface area contributed by atoms with E-state index in [0.29, 0.717) is 0 Å². The number of aromatic nitrogens is 5. The van der Waals surface area contributed by atoms with Crippen LogP contribution < -0.4 is 0 Å². The summed E-state index contributed by atoms with van der Waals surface area (Å²) in [6, 6.07) is 26.0. The lowest BCUT2D eigenvalue weighted by Gasteiger charge is -2.02. The first kappa shape index (κ1) is 26.3. The number of allylic oxidation sites excluding steroid dienone is 2. The van der Waals surface area contributed by atoms with Gasteiger partial charge in [0.1, 0.15) is 21.2 Å². The first-order valence-electron chi connectivity index (χ1n) is 13.9. The number of benzene rings is 2. The highest BCUT2D eigenvalue weighted by molar-refractivity contribution is 7.22. The van der Waals surface area contributed by atoms with Crippen molar-refractivity contribution in [1.82, 2.24) is 24.9 Å². The summed E-state index contributed by atoms with van der Waals surface area (Å²) in [5.41, 5.74) is 8.23. The number of pyridine rings is 3. The smallest absolute Gasteiger partial charge is 0.143 e. The Hall–Kier alpha value is -5.38. The van der Waals surface area contributed by atoms with Crippen LogP contribution in [0.5, 0.6) is 0 Å². The maximum Gasteiger partial charge on any atom is 0.143 e. The third-order valence-electron chi connectivity index (χ3n) is 7.17. The molecule has 8 rings (SSSR count). The molecular weight excluding hydrogens is 585 g/mol. The Morgan fingerprint density at radius 1 is 0.727 bits per heavy atom. The van der Waals surface area contributed by atoms with Crippen molar-refractivity contribution < 1.29 is 4.42 Å². The van der Waals surface area contributed by atoms with Crippen molar-refractivity contribution >= 4 is 70.8 Å². The molecule has 0 aliphatic rings. The molecule has 0 aliphatic carbocycles. The molecule has 0 spiro atoms. The van der Waals surface area contributed by atoms with Crippen molar-refractivity contribution in [2.45, 2.75) is 6.92 Å². The number of hydrogen-bond donors (Lipinski definition) is 0. The van der Waals surface area contributed by atoms with Gasteiger partial charge in [-0.05, 0) is 61.5 Å². The molecule has 7 nitrogen and oxygen atoms in total. The topological polar surface area (TPSA) is 90.0 Å². The molecule has 44 heavy (non-hydrogen) atoms. The van der Waals surface area contributed by atoms with E-state index in [1.165, 1.54) is 6.20 Å². The van der Waals surface area contributed by atoms with Crippen LogP contribution in [0.3, 0.4) is 0 Å². The summed E-state index contributed by atoms with van der Waals surface area (Å²) in [6.07, 6.45) is 7.16. The summed E-state index contributed by atoms with van der Waals surface area (Å²) in [5.74, 6) is 0. The number of furan rings is 1. The molecule has 0 fully saturated rings. The predicted molar refractivity (Wildman–Crippen MR) is 181 cm³/mol. The Bertz CT molecular complexity index is 2430. The van der Waals surface area contributed by atoms with Crippen molar-refractivity contribution in [2.75, 3.05) is 0 Å². The summed E-state index contributed by atoms with van der Waals surface area (Å²) in [5, 5.41) is 3.70. The van der Waals surface area contributed by atoms with Gasteiger partial charge in [0.15, 0.2) is 0 Å². The lowest BCUT2D eigenvalue weighted by Crippen LogP contribution is -2.00. The average Bonchev–Trinajstić information content (AvgIpc) is 3.77. The van der Waals surface area contributed by atoms with Crippen LogP contribution in [0.1, 0.15) is 12.6 Å². The van der Waals surface area contributed by atoms with Crippen LogP contribution in [0.2, 0.25) is 0 Å². The van der Waals surface area contributed by atoms with Crippen LogP contribution in [-0.2, 0) is 0 Å². The molecule has 0 radical (unpaired) electrons. The Balaban J connectivity index is 1.18. The van der Waals surface area contributed by atoms with Crippen LogP contribution in [0.25, 0.3) is 75.2 Å². The van der Waals surface area contributed by atoms with Crippen molar-refractivity contribution in [1.29, 1.82) is 0 Å². The van der Waals surface area contributed by atoms with Gasteiger partial charge in [0.25, 0.3) is 0 Å². The summed E-state index contributed by atoms with van der Waals surface area (Å²) in [6.45, 7) is 5.68. The molecule has 8 aromatic rings. The molecule has 0 amide bonds. The van der Waals surface area contributed by atoms with Gasteiger partial charge in [-0.3, -0.25) is 9.98 Å². The zero-order valence-electron chi connectivity index (χ0n) is 23.4. The average molecular weight is 607 g/mol. The van der Waals surface area contributed by atoms with Crippen LogP contribution in [0.15, 0.2) is 119 Å². The minimum Gasteiger partial charge on any atom is -0.456 e. The van der Waals surface area contributed by atoms with E-state index in [1.807, 2.05) is 73.7 Å². The van der Waals surface area contributed by atoms with E-state index in [2.05, 4.69) is 40.8 Å². The molecule has 0 atom stereocenters. The van der Waals surface area contributed by atoms with Crippen molar-refractivity contribution in [3.63, 3.8) is 0 Å². The van der Waals surface area contributed by atoms with Crippen LogP contribution in [0, 0.1) is 0 Å². The first-order valence-corrected chi connectivity index (χ1v) is 15.6. The quantitative estimate of drug-likeness (QED) is 0.175. The summed E-state index contributed by atoms with van der Waals surface area (Å²) in [4.78, 5) is 28.4. The van der Waals surface area contributed by atoms with E-state index in [9.17, 15) is 0 Å². The monoisotopic (exact) mass is 606 g/mol. The molecule has 0 N–H and O–H groups in total. The van der Waals surface area contributed by atoms with Gasteiger partial charge in [0.05, 0.1) is 54.6 Å². The first-order chi connectivity index (χ1) is 21.7. The Morgan fingerprint density at radius 2 is 1.36 bits per heavy atom. The predicted octanol–water partition coefficient (Wildman–Crippen LogP) is 9.50. The van der Waals surface area contributed by atoms with Gasteiger partial charge in [-0.2, -0.15) is 0 Å². The number of fused-ring (bicyclic) bond motifs is 5. The second-order valence-electron chi connectivity index (χ2n) is 10.0. The van der Waals surface area contributed by atoms with Gasteiger partial charge in [0.2, 0.25) is 0 Å². The Kier molecular flexibility index (Phi) is 6.40. The van der Waals surface area contributed by atoms with Gasteiger partial charge in [-0.15, -0.1) is 22.7 Å². The normalized spacial score (nSPS) is 12.3. The van der Waals surface area contributed by atoms with Crippen molar-refractivity contribution in [3.8, 4) is 32.8 Å². The maximum atomic E-state index is 6.37. The third kappa shape index (κ3) is 4.59. The number of hydrogen-bond acceptors (Lipinski definition) is 9. The molecule has 0 unspecified atom stereocenters. The number of aliphatic imine (C=N–C) groups is 1. The molecule has 6 heterocycles. The Labute approximate surface area is 259 Å². The van der Waals surface area contributed by atoms with E-state index >= 15 is 0 Å². The standard InChI is InChI=1S/C35H22N6OS2/c1-3-9-22(36-4-2)24-11-7-13-26(38-24)34-40-28-16-20-21-17-29-33(19-31(21)42-30(20)18-32(28)43-34)44-35(41-29)27-14-8-12-25(39-27)23-10-5-6-15-37-23/h3-19H,2H2,1H3/b9-3-,36-22?. The van der Waals surface area contributed by atoms with Gasteiger partial charge < -0.3 is 4.42 Å². The fourth-order valence-corrected chi connectivity index (χ4v) is 7.09. The largest absolute Gasteiger partial charge is 0.456 e. The zero-order valence-corrected chi connectivity index (χ0v) is 25.1. The number of rotatable bonds is 6. The van der Waals surface area contributed by atoms with Gasteiger partial charge >= 0.3 is 0 Å². The lowest BCUT2D eigenvalue weighted by molar-refractivity contribution is 0.670. The fraction of sp³-hybridized carbons (Fsp3) is 0.0286. The SMILES string of the molecule is C=CN=C(/C=C\C)c1cccc(-c2nc3cc4c(cc3s2)oc2cc3sc(-c5cccc(-c6ccccn6)n5)nc3cc24)n1. The van der Waals surface area contributed by atoms with E-state index in [4.69, 9.17) is 24.4 Å². The summed E-state index contributed by atoms with van der Waals surface area (Å²) < 4.78 is 8.44. The highest BCUT2D eigenvalue weighted by atomic mass is 32.1. The minimum absolute atomic E-state index is 0.752. The van der Waals surface area contributed by atoms with Crippen LogP contribution in [-0.4, -0.2) is 30.6 Å². The minimum atomic E-state index is 0.752. The van der Waals surface area contributed by atoms with Crippen molar-refractivity contribution in [2.24, 2.45) is 4.99 Å². The van der Waals surface area contributed by atoms with Crippen LogP contribution in [0.4, 0.5) is 0 Å². The molecular formula is C35H22N6OS2. The van der Waals surface area contributed by atoms with Crippen molar-refractivity contribution in [3.05, 3.63) is 116 Å². The molecule has 6 aromatic heterocycles. The number of nitrogens with zero attached hydrogens (tertiary/aromatic N) is 6. The molecule has 0 aliphatic heterocycles. The number of thiazole rings is 2. The maximum absolute atomic E-state index is 6.37. The molecule has 210 valence electrons. The Morgan fingerprint density at radius 3 is 2.00 bits per heavy atom. The molecule has 0 saturated heterocycles. The molecule has 0 saturated carbocycles.